The topological polar surface area (TPSA) is 65.5 Å². The van der Waals surface area contributed by atoms with Gasteiger partial charge in [-0.25, -0.2) is 4.98 Å². The van der Waals surface area contributed by atoms with Crippen LogP contribution in [0.1, 0.15) is 12.0 Å². The normalized spacial score (nSPS) is 28.1. The van der Waals surface area contributed by atoms with E-state index in [1.54, 1.807) is 6.20 Å². The Kier molecular flexibility index (Phi) is 2.07. The van der Waals surface area contributed by atoms with Gasteiger partial charge in [0.25, 0.3) is 0 Å². The van der Waals surface area contributed by atoms with Crippen LogP contribution in [0.25, 0.3) is 0 Å². The average molecular weight is 219 g/mol. The summed E-state index contributed by atoms with van der Waals surface area (Å²) in [6, 6.07) is 3.54. The van der Waals surface area contributed by atoms with Gasteiger partial charge in [-0.2, -0.15) is 0 Å². The minimum Gasteiger partial charge on any atom is -0.391 e. The SMILES string of the molecule is O=C1NCc2cccnc2N2C[C@H](O)C[C@H]12. The van der Waals surface area contributed by atoms with Crippen LogP contribution in [0.2, 0.25) is 0 Å². The molecule has 3 heterocycles. The molecule has 0 radical (unpaired) electrons. The summed E-state index contributed by atoms with van der Waals surface area (Å²) in [4.78, 5) is 18.0. The summed E-state index contributed by atoms with van der Waals surface area (Å²) in [5.74, 6) is 0.803. The van der Waals surface area contributed by atoms with Crippen molar-refractivity contribution in [3.05, 3.63) is 23.9 Å². The monoisotopic (exact) mass is 219 g/mol. The molecule has 3 rings (SSSR count). The van der Waals surface area contributed by atoms with Crippen LogP contribution in [0.5, 0.6) is 0 Å². The minimum absolute atomic E-state index is 0.0189. The number of pyridine rings is 1. The van der Waals surface area contributed by atoms with E-state index in [1.807, 2.05) is 17.0 Å². The van der Waals surface area contributed by atoms with Crippen LogP contribution < -0.4 is 10.2 Å². The molecule has 5 nitrogen and oxygen atoms in total. The van der Waals surface area contributed by atoms with Crippen LogP contribution in [0.4, 0.5) is 5.82 Å². The van der Waals surface area contributed by atoms with Crippen LogP contribution in [0, 0.1) is 0 Å². The summed E-state index contributed by atoms with van der Waals surface area (Å²) in [5, 5.41) is 12.5. The second kappa shape index (κ2) is 3.45. The first-order chi connectivity index (χ1) is 7.75. The van der Waals surface area contributed by atoms with E-state index in [9.17, 15) is 9.90 Å². The molecule has 5 heteroatoms. The third-order valence-corrected chi connectivity index (χ3v) is 3.17. The number of aliphatic hydroxyl groups is 1. The minimum atomic E-state index is -0.441. The summed E-state index contributed by atoms with van der Waals surface area (Å²) < 4.78 is 0. The van der Waals surface area contributed by atoms with Crippen molar-refractivity contribution in [2.45, 2.75) is 25.1 Å². The van der Waals surface area contributed by atoms with E-state index in [2.05, 4.69) is 10.3 Å². The number of aliphatic hydroxyl groups excluding tert-OH is 1. The first-order valence-corrected chi connectivity index (χ1v) is 5.42. The number of nitrogens with one attached hydrogen (secondary N) is 1. The Morgan fingerprint density at radius 2 is 2.44 bits per heavy atom. The number of rotatable bonds is 0. The highest BCUT2D eigenvalue weighted by atomic mass is 16.3. The van der Waals surface area contributed by atoms with Crippen molar-refractivity contribution in [1.82, 2.24) is 10.3 Å². The van der Waals surface area contributed by atoms with E-state index in [4.69, 9.17) is 0 Å². The van der Waals surface area contributed by atoms with Crippen molar-refractivity contribution >= 4 is 11.7 Å². The van der Waals surface area contributed by atoms with Gasteiger partial charge in [0, 0.05) is 31.3 Å². The number of carbonyl (C=O) groups is 1. The summed E-state index contributed by atoms with van der Waals surface area (Å²) in [6.07, 6.45) is 1.77. The lowest BCUT2D eigenvalue weighted by Crippen LogP contribution is -2.40. The third kappa shape index (κ3) is 1.36. The van der Waals surface area contributed by atoms with Crippen LogP contribution in [-0.4, -0.2) is 34.7 Å². The lowest BCUT2D eigenvalue weighted by atomic mass is 10.2. The number of anilines is 1. The van der Waals surface area contributed by atoms with E-state index < -0.39 is 6.10 Å². The third-order valence-electron chi connectivity index (χ3n) is 3.17. The number of amides is 1. The number of fused-ring (bicyclic) bond motifs is 3. The lowest BCUT2D eigenvalue weighted by Gasteiger charge is -2.22. The van der Waals surface area contributed by atoms with Crippen LogP contribution in [0.3, 0.4) is 0 Å². The van der Waals surface area contributed by atoms with Gasteiger partial charge in [0.05, 0.1) is 6.10 Å². The highest BCUT2D eigenvalue weighted by Gasteiger charge is 2.39. The van der Waals surface area contributed by atoms with E-state index in [-0.39, 0.29) is 11.9 Å². The molecule has 0 unspecified atom stereocenters. The Bertz CT molecular complexity index is 435. The molecule has 2 N–H and O–H groups in total. The number of carbonyl (C=O) groups excluding carboxylic acids is 1. The summed E-state index contributed by atoms with van der Waals surface area (Å²) in [7, 11) is 0. The highest BCUT2D eigenvalue weighted by Crippen LogP contribution is 2.29. The van der Waals surface area contributed by atoms with Gasteiger partial charge >= 0.3 is 0 Å². The Hall–Kier alpha value is -1.62. The van der Waals surface area contributed by atoms with Crippen LogP contribution >= 0.6 is 0 Å². The van der Waals surface area contributed by atoms with Crippen molar-refractivity contribution in [1.29, 1.82) is 0 Å². The average Bonchev–Trinajstić information content (AvgIpc) is 2.63. The van der Waals surface area contributed by atoms with Gasteiger partial charge in [-0.3, -0.25) is 4.79 Å². The zero-order valence-electron chi connectivity index (χ0n) is 8.76. The lowest BCUT2D eigenvalue weighted by molar-refractivity contribution is -0.122. The predicted octanol–water partition coefficient (Wildman–Crippen LogP) is -0.349. The van der Waals surface area contributed by atoms with Crippen molar-refractivity contribution in [2.24, 2.45) is 0 Å². The molecule has 0 aromatic carbocycles. The Balaban J connectivity index is 2.06. The maximum atomic E-state index is 11.8. The van der Waals surface area contributed by atoms with Gasteiger partial charge < -0.3 is 15.3 Å². The molecule has 0 bridgehead atoms. The Morgan fingerprint density at radius 1 is 1.56 bits per heavy atom. The molecule has 2 aliphatic heterocycles. The molecule has 1 saturated heterocycles. The van der Waals surface area contributed by atoms with Crippen LogP contribution in [0.15, 0.2) is 18.3 Å². The zero-order chi connectivity index (χ0) is 11.1. The van der Waals surface area contributed by atoms with Gasteiger partial charge in [0.15, 0.2) is 0 Å². The van der Waals surface area contributed by atoms with Gasteiger partial charge in [-0.05, 0) is 6.07 Å². The van der Waals surface area contributed by atoms with E-state index in [1.165, 1.54) is 0 Å². The fraction of sp³-hybridized carbons (Fsp3) is 0.455. The quantitative estimate of drug-likeness (QED) is 0.626. The Labute approximate surface area is 93.1 Å². The van der Waals surface area contributed by atoms with Crippen molar-refractivity contribution in [2.75, 3.05) is 11.4 Å². The van der Waals surface area contributed by atoms with Crippen LogP contribution in [-0.2, 0) is 11.3 Å². The molecule has 16 heavy (non-hydrogen) atoms. The number of nitrogens with zero attached hydrogens (tertiary/aromatic N) is 2. The van der Waals surface area contributed by atoms with Gasteiger partial charge in [0.2, 0.25) is 5.91 Å². The van der Waals surface area contributed by atoms with Gasteiger partial charge in [0.1, 0.15) is 11.9 Å². The number of hydrogen-bond acceptors (Lipinski definition) is 4. The fourth-order valence-electron chi connectivity index (χ4n) is 2.42. The fourth-order valence-corrected chi connectivity index (χ4v) is 2.42. The highest BCUT2D eigenvalue weighted by molar-refractivity contribution is 5.87. The summed E-state index contributed by atoms with van der Waals surface area (Å²) >= 11 is 0. The number of aromatic nitrogens is 1. The van der Waals surface area contributed by atoms with Crippen molar-refractivity contribution < 1.29 is 9.90 Å². The smallest absolute Gasteiger partial charge is 0.243 e. The molecule has 0 spiro atoms. The molecule has 1 aromatic rings. The van der Waals surface area contributed by atoms with Crippen molar-refractivity contribution in [3.8, 4) is 0 Å². The second-order valence-corrected chi connectivity index (χ2v) is 4.26. The molecule has 0 saturated carbocycles. The van der Waals surface area contributed by atoms with Gasteiger partial charge in [-0.1, -0.05) is 6.07 Å². The van der Waals surface area contributed by atoms with Gasteiger partial charge in [-0.15, -0.1) is 0 Å². The number of hydrogen-bond donors (Lipinski definition) is 2. The summed E-state index contributed by atoms with van der Waals surface area (Å²) in [5.41, 5.74) is 1.01. The zero-order valence-corrected chi connectivity index (χ0v) is 8.76. The Morgan fingerprint density at radius 3 is 3.31 bits per heavy atom. The standard InChI is InChI=1S/C11H13N3O2/c15-8-4-9-11(16)13-5-7-2-1-3-12-10(7)14(9)6-8/h1-3,8-9,15H,4-6H2,(H,13,16)/t8-,9-/m1/s1. The van der Waals surface area contributed by atoms with Crippen molar-refractivity contribution in [3.63, 3.8) is 0 Å². The maximum Gasteiger partial charge on any atom is 0.243 e. The molecule has 2 atom stereocenters. The molecule has 1 aromatic heterocycles. The largest absolute Gasteiger partial charge is 0.391 e. The first kappa shape index (κ1) is 9.59. The molecule has 0 aliphatic carbocycles. The second-order valence-electron chi connectivity index (χ2n) is 4.26. The molecule has 84 valence electrons. The first-order valence-electron chi connectivity index (χ1n) is 5.42. The predicted molar refractivity (Wildman–Crippen MR) is 57.8 cm³/mol. The van der Waals surface area contributed by atoms with E-state index in [0.717, 1.165) is 11.4 Å². The molecular weight excluding hydrogens is 206 g/mol. The molecular formula is C11H13N3O2. The van der Waals surface area contributed by atoms with E-state index >= 15 is 0 Å². The summed E-state index contributed by atoms with van der Waals surface area (Å²) in [6.45, 7) is 1.01. The molecule has 2 aliphatic rings. The maximum absolute atomic E-state index is 11.8. The molecule has 1 fully saturated rings. The van der Waals surface area contributed by atoms with E-state index in [0.29, 0.717) is 19.5 Å². The molecule has 1 amide bonds.